The summed E-state index contributed by atoms with van der Waals surface area (Å²) in [5, 5.41) is 6.20. The van der Waals surface area contributed by atoms with Crippen LogP contribution in [0, 0.1) is 0 Å². The van der Waals surface area contributed by atoms with Crippen molar-refractivity contribution >= 4 is 23.1 Å². The van der Waals surface area contributed by atoms with Crippen LogP contribution < -0.4 is 10.5 Å². The number of carbonyl (C=O) groups excluding carboxylic acids is 1. The van der Waals surface area contributed by atoms with Crippen LogP contribution in [-0.4, -0.2) is 51.8 Å². The van der Waals surface area contributed by atoms with E-state index in [1.165, 1.54) is 23.5 Å². The smallest absolute Gasteiger partial charge is 0.353 e. The Labute approximate surface area is 179 Å². The zero-order valence-electron chi connectivity index (χ0n) is 16.2. The van der Waals surface area contributed by atoms with Gasteiger partial charge >= 0.3 is 6.18 Å². The van der Waals surface area contributed by atoms with E-state index in [-0.39, 0.29) is 18.0 Å². The van der Waals surface area contributed by atoms with Gasteiger partial charge in [-0.15, -0.1) is 11.3 Å². The zero-order chi connectivity index (χ0) is 22.0. The predicted octanol–water partition coefficient (Wildman–Crippen LogP) is 2.73. The Bertz CT molecular complexity index is 1110. The van der Waals surface area contributed by atoms with Gasteiger partial charge in [-0.25, -0.2) is 9.67 Å². The molecule has 0 aromatic carbocycles. The van der Waals surface area contributed by atoms with Crippen molar-refractivity contribution in [2.45, 2.75) is 12.7 Å². The molecule has 0 spiro atoms. The van der Waals surface area contributed by atoms with E-state index >= 15 is 0 Å². The van der Waals surface area contributed by atoms with Gasteiger partial charge in [0.25, 0.3) is 5.56 Å². The van der Waals surface area contributed by atoms with Crippen molar-refractivity contribution in [1.29, 1.82) is 0 Å². The zero-order valence-corrected chi connectivity index (χ0v) is 17.1. The molecule has 7 nitrogen and oxygen atoms in total. The number of nitrogens with zero attached hydrogens (tertiary/aromatic N) is 5. The Morgan fingerprint density at radius 1 is 1.06 bits per heavy atom. The highest BCUT2D eigenvalue weighted by atomic mass is 32.1. The van der Waals surface area contributed by atoms with Crippen molar-refractivity contribution in [2.75, 3.05) is 31.1 Å². The van der Waals surface area contributed by atoms with E-state index in [9.17, 15) is 22.8 Å². The maximum absolute atomic E-state index is 12.7. The van der Waals surface area contributed by atoms with Crippen LogP contribution in [0.1, 0.15) is 5.56 Å². The average molecular weight is 449 g/mol. The summed E-state index contributed by atoms with van der Waals surface area (Å²) in [7, 11) is 0. The molecule has 1 fully saturated rings. The molecule has 1 aliphatic heterocycles. The Morgan fingerprint density at radius 3 is 2.45 bits per heavy atom. The van der Waals surface area contributed by atoms with Gasteiger partial charge in [0.05, 0.1) is 10.4 Å². The van der Waals surface area contributed by atoms with E-state index in [4.69, 9.17) is 0 Å². The lowest BCUT2D eigenvalue weighted by atomic mass is 10.2. The first-order valence-electron chi connectivity index (χ1n) is 9.49. The third-order valence-electron chi connectivity index (χ3n) is 4.96. The van der Waals surface area contributed by atoms with E-state index in [2.05, 4.69) is 10.1 Å². The second kappa shape index (κ2) is 8.50. The molecule has 0 N–H and O–H groups in total. The molecule has 4 heterocycles. The lowest BCUT2D eigenvalue weighted by Crippen LogP contribution is -2.50. The maximum Gasteiger partial charge on any atom is 0.417 e. The third-order valence-corrected chi connectivity index (χ3v) is 5.85. The number of aromatic nitrogens is 3. The first-order valence-corrected chi connectivity index (χ1v) is 10.4. The number of carbonyl (C=O) groups is 1. The fourth-order valence-electron chi connectivity index (χ4n) is 3.27. The van der Waals surface area contributed by atoms with Crippen molar-refractivity contribution in [1.82, 2.24) is 19.7 Å². The molecular formula is C20H18F3N5O2S. The van der Waals surface area contributed by atoms with Gasteiger partial charge in [0, 0.05) is 38.4 Å². The van der Waals surface area contributed by atoms with Gasteiger partial charge in [0.2, 0.25) is 5.91 Å². The predicted molar refractivity (Wildman–Crippen MR) is 110 cm³/mol. The first-order chi connectivity index (χ1) is 14.8. The molecule has 1 aliphatic rings. The summed E-state index contributed by atoms with van der Waals surface area (Å²) in [6.07, 6.45) is -3.62. The van der Waals surface area contributed by atoms with Crippen molar-refractivity contribution < 1.29 is 18.0 Å². The molecule has 0 atom stereocenters. The Balaban J connectivity index is 1.38. The summed E-state index contributed by atoms with van der Waals surface area (Å²) >= 11 is 1.49. The highest BCUT2D eigenvalue weighted by Crippen LogP contribution is 2.29. The number of hydrogen-bond donors (Lipinski definition) is 0. The Kier molecular flexibility index (Phi) is 5.77. The van der Waals surface area contributed by atoms with Crippen molar-refractivity contribution in [3.8, 4) is 10.6 Å². The fourth-order valence-corrected chi connectivity index (χ4v) is 3.96. The molecule has 1 saturated heterocycles. The van der Waals surface area contributed by atoms with Crippen LogP contribution in [0.25, 0.3) is 10.6 Å². The Hall–Kier alpha value is -3.21. The number of anilines is 1. The summed E-state index contributed by atoms with van der Waals surface area (Å²) in [5.74, 6) is 0.194. The van der Waals surface area contributed by atoms with Crippen LogP contribution in [0.5, 0.6) is 0 Å². The van der Waals surface area contributed by atoms with Gasteiger partial charge in [0.1, 0.15) is 18.1 Å². The highest BCUT2D eigenvalue weighted by Gasteiger charge is 2.31. The van der Waals surface area contributed by atoms with E-state index < -0.39 is 11.7 Å². The summed E-state index contributed by atoms with van der Waals surface area (Å²) in [5.41, 5.74) is -0.533. The molecule has 0 bridgehead atoms. The standard InChI is InChI=1S/C20H18F3N5O2S/c21-20(22,23)14-3-5-17(24-12-14)26-7-9-27(10-8-26)19(30)13-28-18(29)6-4-15(25-28)16-2-1-11-31-16/h1-6,11-12H,7-10,13H2. The van der Waals surface area contributed by atoms with Crippen LogP contribution in [-0.2, 0) is 17.5 Å². The molecule has 0 unspecified atom stereocenters. The number of piperazine rings is 1. The number of pyridine rings is 1. The second-order valence-electron chi connectivity index (χ2n) is 6.96. The van der Waals surface area contributed by atoms with E-state index in [1.54, 1.807) is 11.0 Å². The molecule has 31 heavy (non-hydrogen) atoms. The number of amides is 1. The minimum Gasteiger partial charge on any atom is -0.353 e. The molecule has 11 heteroatoms. The molecule has 0 saturated carbocycles. The first kappa shape index (κ1) is 21.0. The SMILES string of the molecule is O=C(Cn1nc(-c2cccs2)ccc1=O)N1CCN(c2ccc(C(F)(F)F)cn2)CC1. The molecule has 4 rings (SSSR count). The topological polar surface area (TPSA) is 71.3 Å². The molecule has 3 aromatic heterocycles. The largest absolute Gasteiger partial charge is 0.417 e. The van der Waals surface area contributed by atoms with Gasteiger partial charge in [-0.2, -0.15) is 18.3 Å². The lowest BCUT2D eigenvalue weighted by molar-refractivity contribution is -0.138. The quantitative estimate of drug-likeness (QED) is 0.613. The number of hydrogen-bond acceptors (Lipinski definition) is 6. The van der Waals surface area contributed by atoms with Crippen molar-refractivity contribution in [3.63, 3.8) is 0 Å². The molecule has 162 valence electrons. The lowest BCUT2D eigenvalue weighted by Gasteiger charge is -2.35. The number of halogens is 3. The van der Waals surface area contributed by atoms with Crippen LogP contribution in [0.2, 0.25) is 0 Å². The number of thiophene rings is 1. The van der Waals surface area contributed by atoms with E-state index in [0.717, 1.165) is 21.8 Å². The maximum atomic E-state index is 12.7. The normalized spacial score (nSPS) is 14.7. The molecule has 1 amide bonds. The fraction of sp³-hybridized carbons (Fsp3) is 0.300. The minimum atomic E-state index is -4.43. The summed E-state index contributed by atoms with van der Waals surface area (Å²) in [6.45, 7) is 1.45. The number of alkyl halides is 3. The second-order valence-corrected chi connectivity index (χ2v) is 7.91. The van der Waals surface area contributed by atoms with Crippen LogP contribution >= 0.6 is 11.3 Å². The molecule has 0 aliphatic carbocycles. The van der Waals surface area contributed by atoms with E-state index in [0.29, 0.717) is 37.7 Å². The summed E-state index contributed by atoms with van der Waals surface area (Å²) in [4.78, 5) is 33.1. The third kappa shape index (κ3) is 4.76. The highest BCUT2D eigenvalue weighted by molar-refractivity contribution is 7.13. The van der Waals surface area contributed by atoms with Crippen LogP contribution in [0.15, 0.2) is 52.8 Å². The summed E-state index contributed by atoms with van der Waals surface area (Å²) in [6, 6.07) is 9.12. The molecular weight excluding hydrogens is 431 g/mol. The van der Waals surface area contributed by atoms with Crippen LogP contribution in [0.4, 0.5) is 19.0 Å². The minimum absolute atomic E-state index is 0.170. The monoisotopic (exact) mass is 449 g/mol. The van der Waals surface area contributed by atoms with Gasteiger partial charge in [0.15, 0.2) is 0 Å². The van der Waals surface area contributed by atoms with E-state index in [1.807, 2.05) is 22.4 Å². The average Bonchev–Trinajstić information content (AvgIpc) is 3.30. The molecule has 0 radical (unpaired) electrons. The van der Waals surface area contributed by atoms with Crippen LogP contribution in [0.3, 0.4) is 0 Å². The van der Waals surface area contributed by atoms with Gasteiger partial charge in [-0.1, -0.05) is 6.07 Å². The van der Waals surface area contributed by atoms with Gasteiger partial charge in [-0.05, 0) is 29.6 Å². The Morgan fingerprint density at radius 2 is 1.84 bits per heavy atom. The van der Waals surface area contributed by atoms with Gasteiger partial charge < -0.3 is 9.80 Å². The number of rotatable bonds is 4. The van der Waals surface area contributed by atoms with Crippen molar-refractivity contribution in [2.24, 2.45) is 0 Å². The summed E-state index contributed by atoms with van der Waals surface area (Å²) < 4.78 is 39.2. The van der Waals surface area contributed by atoms with Gasteiger partial charge in [-0.3, -0.25) is 9.59 Å². The van der Waals surface area contributed by atoms with Crippen molar-refractivity contribution in [3.05, 3.63) is 63.9 Å². The molecule has 3 aromatic rings.